The summed E-state index contributed by atoms with van der Waals surface area (Å²) in [5.74, 6) is -2.14. The summed E-state index contributed by atoms with van der Waals surface area (Å²) in [4.78, 5) is 38.9. The maximum Gasteiger partial charge on any atom is 0.382 e. The van der Waals surface area contributed by atoms with Gasteiger partial charge in [-0.25, -0.2) is 4.79 Å². The summed E-state index contributed by atoms with van der Waals surface area (Å²) in [6.45, 7) is 1.88. The third kappa shape index (κ3) is 2.67. The molecule has 1 aliphatic rings. The Labute approximate surface area is 109 Å². The lowest BCUT2D eigenvalue weighted by Crippen LogP contribution is -2.34. The number of rotatable bonds is 3. The molecule has 1 aliphatic heterocycles. The molecule has 0 atom stereocenters. The van der Waals surface area contributed by atoms with E-state index in [0.717, 1.165) is 5.56 Å². The van der Waals surface area contributed by atoms with Crippen molar-refractivity contribution in [2.45, 2.75) is 19.8 Å². The summed E-state index contributed by atoms with van der Waals surface area (Å²) in [6, 6.07) is 6.71. The second-order valence-corrected chi connectivity index (χ2v) is 4.20. The summed E-state index contributed by atoms with van der Waals surface area (Å²) in [7, 11) is 0. The van der Waals surface area contributed by atoms with Gasteiger partial charge in [-0.3, -0.25) is 15.0 Å². The molecular weight excluding hydrogens is 248 g/mol. The Morgan fingerprint density at radius 2 is 1.68 bits per heavy atom. The average molecular weight is 260 g/mol. The third-order valence-electron chi connectivity index (χ3n) is 2.72. The van der Waals surface area contributed by atoms with Crippen LogP contribution in [0, 0.1) is 12.3 Å². The first kappa shape index (κ1) is 12.9. The zero-order chi connectivity index (χ0) is 14.0. The summed E-state index contributed by atoms with van der Waals surface area (Å²) in [5, 5.41) is 8.11. The van der Waals surface area contributed by atoms with Crippen LogP contribution in [0.25, 0.3) is 0 Å². The molecule has 0 unspecified atom stereocenters. The first-order chi connectivity index (χ1) is 8.99. The van der Waals surface area contributed by atoms with Gasteiger partial charge in [0.25, 0.3) is 11.8 Å². The number of amides is 2. The van der Waals surface area contributed by atoms with Crippen LogP contribution in [0.2, 0.25) is 0 Å². The predicted octanol–water partition coefficient (Wildman–Crippen LogP) is 0.970. The molecule has 0 bridgehead atoms. The number of hydrogen-bond acceptors (Lipinski definition) is 5. The molecule has 0 saturated carbocycles. The van der Waals surface area contributed by atoms with Gasteiger partial charge in [0.05, 0.1) is 0 Å². The molecular formula is C13H12N2O4. The Bertz CT molecular complexity index is 547. The summed E-state index contributed by atoms with van der Waals surface area (Å²) >= 11 is 0. The van der Waals surface area contributed by atoms with E-state index in [1.165, 1.54) is 0 Å². The predicted molar refractivity (Wildman–Crippen MR) is 65.2 cm³/mol. The van der Waals surface area contributed by atoms with Gasteiger partial charge in [0.15, 0.2) is 0 Å². The smallest absolute Gasteiger partial charge is 0.323 e. The van der Waals surface area contributed by atoms with Crippen molar-refractivity contribution in [1.82, 2.24) is 5.06 Å². The Hall–Kier alpha value is -2.50. The molecule has 1 aromatic carbocycles. The van der Waals surface area contributed by atoms with Crippen LogP contribution >= 0.6 is 0 Å². The third-order valence-corrected chi connectivity index (χ3v) is 2.72. The molecule has 98 valence electrons. The summed E-state index contributed by atoms with van der Waals surface area (Å²) in [6.07, 6.45) is 0.0634. The lowest BCUT2D eigenvalue weighted by molar-refractivity contribution is -0.192. The van der Waals surface area contributed by atoms with Crippen LogP contribution in [0.4, 0.5) is 0 Å². The lowest BCUT2D eigenvalue weighted by atomic mass is 10.1. The van der Waals surface area contributed by atoms with Gasteiger partial charge in [-0.2, -0.15) is 0 Å². The minimum absolute atomic E-state index is 0.0317. The van der Waals surface area contributed by atoms with Gasteiger partial charge in [-0.15, -0.1) is 5.06 Å². The van der Waals surface area contributed by atoms with Crippen molar-refractivity contribution in [1.29, 1.82) is 5.41 Å². The Morgan fingerprint density at radius 3 is 2.21 bits per heavy atom. The highest BCUT2D eigenvalue weighted by Gasteiger charge is 2.33. The highest BCUT2D eigenvalue weighted by Crippen LogP contribution is 2.13. The van der Waals surface area contributed by atoms with Gasteiger partial charge in [0, 0.05) is 18.4 Å². The van der Waals surface area contributed by atoms with E-state index in [1.54, 1.807) is 24.3 Å². The summed E-state index contributed by atoms with van der Waals surface area (Å²) < 4.78 is 0. The van der Waals surface area contributed by atoms with Gasteiger partial charge in [0.2, 0.25) is 0 Å². The number of imide groups is 1. The number of aryl methyl sites for hydroxylation is 1. The molecule has 19 heavy (non-hydrogen) atoms. The topological polar surface area (TPSA) is 87.5 Å². The minimum Gasteiger partial charge on any atom is -0.323 e. The molecule has 1 aromatic rings. The van der Waals surface area contributed by atoms with E-state index in [1.807, 2.05) is 6.92 Å². The number of benzene rings is 1. The van der Waals surface area contributed by atoms with Crippen LogP contribution in [-0.4, -0.2) is 28.6 Å². The van der Waals surface area contributed by atoms with E-state index >= 15 is 0 Å². The zero-order valence-corrected chi connectivity index (χ0v) is 10.3. The van der Waals surface area contributed by atoms with Gasteiger partial charge < -0.3 is 4.84 Å². The van der Waals surface area contributed by atoms with Crippen molar-refractivity contribution < 1.29 is 19.2 Å². The van der Waals surface area contributed by atoms with Gasteiger partial charge in [0.1, 0.15) is 5.71 Å². The second kappa shape index (κ2) is 5.01. The molecule has 0 aromatic heterocycles. The van der Waals surface area contributed by atoms with Crippen molar-refractivity contribution in [3.8, 4) is 0 Å². The number of nitrogens with one attached hydrogen (secondary N) is 1. The monoisotopic (exact) mass is 260 g/mol. The van der Waals surface area contributed by atoms with Crippen LogP contribution in [0.3, 0.4) is 0 Å². The SMILES string of the molecule is Cc1ccc(C(=N)C(=O)ON2C(=O)CCC2=O)cc1. The van der Waals surface area contributed by atoms with Crippen molar-refractivity contribution in [2.75, 3.05) is 0 Å². The number of carbonyl (C=O) groups excluding carboxylic acids is 3. The average Bonchev–Trinajstić information content (AvgIpc) is 2.70. The highest BCUT2D eigenvalue weighted by molar-refractivity contribution is 6.42. The quantitative estimate of drug-likeness (QED) is 0.648. The largest absolute Gasteiger partial charge is 0.382 e. The van der Waals surface area contributed by atoms with E-state index < -0.39 is 23.5 Å². The normalized spacial score (nSPS) is 14.7. The maximum absolute atomic E-state index is 11.7. The first-order valence-electron chi connectivity index (χ1n) is 5.72. The second-order valence-electron chi connectivity index (χ2n) is 4.20. The van der Waals surface area contributed by atoms with Crippen LogP contribution in [0.15, 0.2) is 24.3 Å². The van der Waals surface area contributed by atoms with Crippen molar-refractivity contribution in [3.05, 3.63) is 35.4 Å². The van der Waals surface area contributed by atoms with Crippen molar-refractivity contribution in [2.24, 2.45) is 0 Å². The molecule has 2 amide bonds. The molecule has 0 aliphatic carbocycles. The molecule has 1 N–H and O–H groups in total. The fourth-order valence-corrected chi connectivity index (χ4v) is 1.62. The fourth-order valence-electron chi connectivity index (χ4n) is 1.62. The molecule has 6 heteroatoms. The van der Waals surface area contributed by atoms with E-state index in [9.17, 15) is 14.4 Å². The highest BCUT2D eigenvalue weighted by atomic mass is 16.7. The fraction of sp³-hybridized carbons (Fsp3) is 0.231. The van der Waals surface area contributed by atoms with Gasteiger partial charge in [-0.05, 0) is 6.92 Å². The van der Waals surface area contributed by atoms with E-state index in [2.05, 4.69) is 4.84 Å². The molecule has 2 rings (SSSR count). The Morgan fingerprint density at radius 1 is 1.16 bits per heavy atom. The van der Waals surface area contributed by atoms with E-state index in [4.69, 9.17) is 5.41 Å². The summed E-state index contributed by atoms with van der Waals surface area (Å²) in [5.41, 5.74) is 0.969. The van der Waals surface area contributed by atoms with E-state index in [-0.39, 0.29) is 12.8 Å². The first-order valence-corrected chi connectivity index (χ1v) is 5.72. The molecule has 1 fully saturated rings. The molecule has 1 heterocycles. The Balaban J connectivity index is 2.08. The van der Waals surface area contributed by atoms with Crippen molar-refractivity contribution >= 4 is 23.5 Å². The van der Waals surface area contributed by atoms with Gasteiger partial charge in [-0.1, -0.05) is 29.8 Å². The van der Waals surface area contributed by atoms with Crippen LogP contribution in [-0.2, 0) is 19.2 Å². The Kier molecular flexibility index (Phi) is 3.41. The number of carbonyl (C=O) groups is 3. The van der Waals surface area contributed by atoms with E-state index in [0.29, 0.717) is 10.6 Å². The number of hydrogen-bond donors (Lipinski definition) is 1. The molecule has 0 radical (unpaired) electrons. The minimum atomic E-state index is -1.02. The number of nitrogens with zero attached hydrogens (tertiary/aromatic N) is 1. The van der Waals surface area contributed by atoms with Gasteiger partial charge >= 0.3 is 5.97 Å². The van der Waals surface area contributed by atoms with Crippen molar-refractivity contribution in [3.63, 3.8) is 0 Å². The van der Waals surface area contributed by atoms with Crippen LogP contribution < -0.4 is 0 Å². The number of hydroxylamine groups is 2. The van der Waals surface area contributed by atoms with Crippen LogP contribution in [0.5, 0.6) is 0 Å². The standard InChI is InChI=1S/C13H12N2O4/c1-8-2-4-9(5-3-8)12(14)13(18)19-15-10(16)6-7-11(15)17/h2-5,14H,6-7H2,1H3. The lowest BCUT2D eigenvalue weighted by Gasteiger charge is -2.12. The maximum atomic E-state index is 11.7. The zero-order valence-electron chi connectivity index (χ0n) is 10.3. The molecule has 1 saturated heterocycles. The molecule has 6 nitrogen and oxygen atoms in total. The molecule has 0 spiro atoms. The van der Waals surface area contributed by atoms with Crippen LogP contribution in [0.1, 0.15) is 24.0 Å².